The van der Waals surface area contributed by atoms with Crippen LogP contribution in [0.4, 0.5) is 5.69 Å². The van der Waals surface area contributed by atoms with E-state index < -0.39 is 0 Å². The van der Waals surface area contributed by atoms with Crippen molar-refractivity contribution in [1.29, 1.82) is 0 Å². The number of anilines is 1. The Morgan fingerprint density at radius 2 is 1.62 bits per heavy atom. The maximum Gasteiger partial charge on any atom is 0.151 e. The molecule has 0 fully saturated rings. The van der Waals surface area contributed by atoms with E-state index in [9.17, 15) is 0 Å². The van der Waals surface area contributed by atoms with Gasteiger partial charge >= 0.3 is 0 Å². The van der Waals surface area contributed by atoms with Gasteiger partial charge in [0, 0.05) is 22.6 Å². The summed E-state index contributed by atoms with van der Waals surface area (Å²) in [5.74, 6) is 1.01. The van der Waals surface area contributed by atoms with E-state index in [0.29, 0.717) is 0 Å². The number of nitrogens with zero attached hydrogens (tertiary/aromatic N) is 3. The number of aliphatic imine (C=N–C) groups is 1. The Kier molecular flexibility index (Phi) is 4.12. The molecule has 0 bridgehead atoms. The van der Waals surface area contributed by atoms with Crippen molar-refractivity contribution < 1.29 is 0 Å². The van der Waals surface area contributed by atoms with Crippen LogP contribution in [0.25, 0.3) is 28.0 Å². The fourth-order valence-corrected chi connectivity index (χ4v) is 6.83. The van der Waals surface area contributed by atoms with Gasteiger partial charge in [0.05, 0.1) is 17.8 Å². The SMILES string of the molecule is CC1(C)c2ccccc2-c2cc3c4c(cccc4c21)N(N1C(c2ccccc2)=NC2C=CC=CC21)C=C3. The van der Waals surface area contributed by atoms with Gasteiger partial charge in [-0.15, -0.1) is 0 Å². The van der Waals surface area contributed by atoms with Crippen molar-refractivity contribution >= 4 is 28.4 Å². The number of hydrazine groups is 1. The van der Waals surface area contributed by atoms with Gasteiger partial charge in [0.2, 0.25) is 0 Å². The smallest absolute Gasteiger partial charge is 0.151 e. The summed E-state index contributed by atoms with van der Waals surface area (Å²) in [7, 11) is 0. The summed E-state index contributed by atoms with van der Waals surface area (Å²) in [5, 5.41) is 7.36. The summed E-state index contributed by atoms with van der Waals surface area (Å²) in [6.45, 7) is 4.74. The molecule has 8 rings (SSSR count). The second kappa shape index (κ2) is 7.33. The quantitative estimate of drug-likeness (QED) is 0.298. The number of allylic oxidation sites excluding steroid dienone is 2. The average Bonchev–Trinajstić information content (AvgIpc) is 3.43. The second-order valence-corrected chi connectivity index (χ2v) is 10.8. The molecule has 0 spiro atoms. The van der Waals surface area contributed by atoms with E-state index in [1.54, 1.807) is 0 Å². The van der Waals surface area contributed by atoms with E-state index in [1.807, 2.05) is 0 Å². The van der Waals surface area contributed by atoms with E-state index >= 15 is 0 Å². The van der Waals surface area contributed by atoms with E-state index in [4.69, 9.17) is 4.99 Å². The van der Waals surface area contributed by atoms with Crippen LogP contribution in [-0.2, 0) is 5.41 Å². The minimum Gasteiger partial charge on any atom is -0.258 e. The van der Waals surface area contributed by atoms with E-state index in [2.05, 4.69) is 139 Å². The number of hydrogen-bond donors (Lipinski definition) is 0. The first kappa shape index (κ1) is 20.8. The fraction of sp³-hybridized carbons (Fsp3) is 0.147. The molecule has 4 aromatic carbocycles. The van der Waals surface area contributed by atoms with Crippen LogP contribution in [0.5, 0.6) is 0 Å². The molecule has 2 aliphatic heterocycles. The predicted molar refractivity (Wildman–Crippen MR) is 154 cm³/mol. The van der Waals surface area contributed by atoms with Gasteiger partial charge in [-0.1, -0.05) is 105 Å². The van der Waals surface area contributed by atoms with Crippen LogP contribution in [0.2, 0.25) is 0 Å². The minimum absolute atomic E-state index is 0.0542. The molecule has 3 heteroatoms. The lowest BCUT2D eigenvalue weighted by molar-refractivity contribution is 0.373. The molecular formula is C34H27N3. The van der Waals surface area contributed by atoms with Gasteiger partial charge in [-0.2, -0.15) is 0 Å². The number of benzene rings is 4. The van der Waals surface area contributed by atoms with Gasteiger partial charge in [-0.25, -0.2) is 0 Å². The van der Waals surface area contributed by atoms with Crippen molar-refractivity contribution in [2.24, 2.45) is 4.99 Å². The number of hydrogen-bond acceptors (Lipinski definition) is 3. The van der Waals surface area contributed by atoms with Gasteiger partial charge in [0.25, 0.3) is 0 Å². The standard InChI is InChI=1S/C34H27N3/c1-34(2)27-15-7-6-13-24(27)26-21-23-19-20-36(30-18-10-14-25(31(23)30)32(26)34)37-29-17-9-8-16-28(29)35-33(37)22-11-4-3-5-12-22/h3-21,28-29H,1-2H3. The molecule has 0 aromatic heterocycles. The summed E-state index contributed by atoms with van der Waals surface area (Å²) in [5.41, 5.74) is 9.14. The summed E-state index contributed by atoms with van der Waals surface area (Å²) in [6, 6.07) is 28.9. The molecule has 3 nitrogen and oxygen atoms in total. The Bertz CT molecular complexity index is 1720. The number of rotatable bonds is 2. The third-order valence-corrected chi connectivity index (χ3v) is 8.44. The summed E-state index contributed by atoms with van der Waals surface area (Å²) < 4.78 is 0. The Labute approximate surface area is 217 Å². The maximum atomic E-state index is 5.19. The first-order chi connectivity index (χ1) is 18.1. The van der Waals surface area contributed by atoms with Gasteiger partial charge in [-0.05, 0) is 51.4 Å². The molecule has 2 unspecified atom stereocenters. The fourth-order valence-electron chi connectivity index (χ4n) is 6.83. The molecule has 4 aromatic rings. The Morgan fingerprint density at radius 3 is 2.51 bits per heavy atom. The Hall–Kier alpha value is -4.37. The van der Waals surface area contributed by atoms with Gasteiger partial charge in [0.1, 0.15) is 0 Å². The highest BCUT2D eigenvalue weighted by atomic mass is 15.7. The van der Waals surface area contributed by atoms with Crippen molar-refractivity contribution in [1.82, 2.24) is 5.01 Å². The number of fused-ring (bicyclic) bond motifs is 5. The van der Waals surface area contributed by atoms with Crippen LogP contribution >= 0.6 is 0 Å². The van der Waals surface area contributed by atoms with Gasteiger partial charge < -0.3 is 0 Å². The minimum atomic E-state index is -0.0542. The second-order valence-electron chi connectivity index (χ2n) is 10.8. The third-order valence-electron chi connectivity index (χ3n) is 8.44. The molecule has 2 aliphatic carbocycles. The zero-order valence-electron chi connectivity index (χ0n) is 21.0. The van der Waals surface area contributed by atoms with E-state index in [1.165, 1.54) is 44.3 Å². The molecule has 0 amide bonds. The average molecular weight is 478 g/mol. The van der Waals surface area contributed by atoms with Crippen molar-refractivity contribution in [3.8, 4) is 11.1 Å². The zero-order valence-corrected chi connectivity index (χ0v) is 21.0. The highest BCUT2D eigenvalue weighted by Gasteiger charge is 2.41. The Morgan fingerprint density at radius 1 is 0.811 bits per heavy atom. The molecule has 0 saturated heterocycles. The van der Waals surface area contributed by atoms with Crippen LogP contribution in [-0.4, -0.2) is 22.9 Å². The first-order valence-corrected chi connectivity index (χ1v) is 13.1. The molecule has 178 valence electrons. The van der Waals surface area contributed by atoms with Crippen molar-refractivity contribution in [3.05, 3.63) is 132 Å². The van der Waals surface area contributed by atoms with Gasteiger partial charge in [0.15, 0.2) is 5.84 Å². The lowest BCUT2D eigenvalue weighted by Gasteiger charge is -2.40. The van der Waals surface area contributed by atoms with Crippen molar-refractivity contribution in [3.63, 3.8) is 0 Å². The first-order valence-electron chi connectivity index (χ1n) is 13.1. The normalized spacial score (nSPS) is 21.7. The van der Waals surface area contributed by atoms with Gasteiger partial charge in [-0.3, -0.25) is 15.0 Å². The lowest BCUT2D eigenvalue weighted by atomic mass is 9.79. The molecule has 0 N–H and O–H groups in total. The summed E-state index contributed by atoms with van der Waals surface area (Å²) >= 11 is 0. The molecule has 37 heavy (non-hydrogen) atoms. The summed E-state index contributed by atoms with van der Waals surface area (Å²) in [6.07, 6.45) is 13.2. The van der Waals surface area contributed by atoms with E-state index in [-0.39, 0.29) is 17.5 Å². The lowest BCUT2D eigenvalue weighted by Crippen LogP contribution is -2.49. The molecule has 2 atom stereocenters. The largest absolute Gasteiger partial charge is 0.258 e. The summed E-state index contributed by atoms with van der Waals surface area (Å²) in [4.78, 5) is 5.19. The van der Waals surface area contributed by atoms with Crippen LogP contribution in [0.15, 0.2) is 114 Å². The maximum absolute atomic E-state index is 5.19. The molecule has 2 heterocycles. The Balaban J connectivity index is 1.35. The highest BCUT2D eigenvalue weighted by Crippen LogP contribution is 2.54. The van der Waals surface area contributed by atoms with Crippen molar-refractivity contribution in [2.75, 3.05) is 5.01 Å². The van der Waals surface area contributed by atoms with E-state index in [0.717, 1.165) is 11.4 Å². The topological polar surface area (TPSA) is 18.8 Å². The predicted octanol–water partition coefficient (Wildman–Crippen LogP) is 7.48. The van der Waals surface area contributed by atoms with Crippen LogP contribution in [0.1, 0.15) is 36.1 Å². The highest BCUT2D eigenvalue weighted by molar-refractivity contribution is 6.10. The molecule has 0 saturated carbocycles. The monoisotopic (exact) mass is 477 g/mol. The third kappa shape index (κ3) is 2.74. The van der Waals surface area contributed by atoms with Crippen LogP contribution in [0, 0.1) is 0 Å². The molecule has 0 radical (unpaired) electrons. The molecular weight excluding hydrogens is 450 g/mol. The zero-order chi connectivity index (χ0) is 24.7. The van der Waals surface area contributed by atoms with Crippen molar-refractivity contribution in [2.45, 2.75) is 31.3 Å². The van der Waals surface area contributed by atoms with Crippen LogP contribution in [0.3, 0.4) is 0 Å². The van der Waals surface area contributed by atoms with Crippen LogP contribution < -0.4 is 5.01 Å². The molecule has 4 aliphatic rings. The number of amidine groups is 1.